The van der Waals surface area contributed by atoms with Gasteiger partial charge in [0.1, 0.15) is 0 Å². The van der Waals surface area contributed by atoms with E-state index in [0.717, 1.165) is 25.3 Å². The molecule has 2 heterocycles. The van der Waals surface area contributed by atoms with Crippen molar-refractivity contribution >= 4 is 5.91 Å². The van der Waals surface area contributed by atoms with Crippen LogP contribution in [0.1, 0.15) is 31.2 Å². The highest BCUT2D eigenvalue weighted by Crippen LogP contribution is 2.24. The fourth-order valence-corrected chi connectivity index (χ4v) is 3.93. The van der Waals surface area contributed by atoms with Gasteiger partial charge in [-0.2, -0.15) is 0 Å². The van der Waals surface area contributed by atoms with E-state index in [9.17, 15) is 4.79 Å². The highest BCUT2D eigenvalue weighted by molar-refractivity contribution is 5.76. The van der Waals surface area contributed by atoms with Crippen LogP contribution < -0.4 is 0 Å². The molecule has 3 rings (SSSR count). The lowest BCUT2D eigenvalue weighted by atomic mass is 9.89. The maximum atomic E-state index is 11.6. The summed E-state index contributed by atoms with van der Waals surface area (Å²) in [4.78, 5) is 16.1. The summed E-state index contributed by atoms with van der Waals surface area (Å²) in [5.41, 5.74) is 1.48. The predicted molar refractivity (Wildman–Crippen MR) is 89.7 cm³/mol. The number of piperidine rings is 2. The monoisotopic (exact) mass is 300 g/mol. The van der Waals surface area contributed by atoms with Crippen LogP contribution in [0, 0.1) is 11.8 Å². The third-order valence-corrected chi connectivity index (χ3v) is 5.32. The SMILES string of the molecule is CN1CC(CN2CCC(Cc3ccccc3)CC2)CCC1=O. The maximum Gasteiger partial charge on any atom is 0.222 e. The van der Waals surface area contributed by atoms with Gasteiger partial charge in [-0.3, -0.25) is 4.79 Å². The van der Waals surface area contributed by atoms with Crippen molar-refractivity contribution in [1.82, 2.24) is 9.80 Å². The van der Waals surface area contributed by atoms with Crippen LogP contribution >= 0.6 is 0 Å². The van der Waals surface area contributed by atoms with Gasteiger partial charge in [-0.05, 0) is 56.2 Å². The smallest absolute Gasteiger partial charge is 0.222 e. The Morgan fingerprint density at radius 2 is 1.77 bits per heavy atom. The fourth-order valence-electron chi connectivity index (χ4n) is 3.93. The average Bonchev–Trinajstić information content (AvgIpc) is 2.54. The van der Waals surface area contributed by atoms with E-state index < -0.39 is 0 Å². The van der Waals surface area contributed by atoms with Crippen LogP contribution in [0.3, 0.4) is 0 Å². The van der Waals surface area contributed by atoms with Gasteiger partial charge in [0.05, 0.1) is 0 Å². The Hall–Kier alpha value is -1.35. The first-order valence-electron chi connectivity index (χ1n) is 8.71. The molecule has 2 saturated heterocycles. The predicted octanol–water partition coefficient (Wildman–Crippen LogP) is 2.81. The van der Waals surface area contributed by atoms with Gasteiger partial charge in [0.15, 0.2) is 0 Å². The lowest BCUT2D eigenvalue weighted by Crippen LogP contribution is -2.44. The molecule has 0 radical (unpaired) electrons. The first kappa shape index (κ1) is 15.5. The Bertz CT molecular complexity index is 479. The van der Waals surface area contributed by atoms with Crippen molar-refractivity contribution in [3.8, 4) is 0 Å². The minimum atomic E-state index is 0.317. The van der Waals surface area contributed by atoms with Crippen molar-refractivity contribution in [2.75, 3.05) is 33.2 Å². The van der Waals surface area contributed by atoms with E-state index in [4.69, 9.17) is 0 Å². The Labute approximate surface area is 134 Å². The van der Waals surface area contributed by atoms with Crippen LogP contribution in [0.4, 0.5) is 0 Å². The lowest BCUT2D eigenvalue weighted by Gasteiger charge is -2.37. The molecule has 1 aromatic rings. The Morgan fingerprint density at radius 1 is 1.05 bits per heavy atom. The number of benzene rings is 1. The van der Waals surface area contributed by atoms with E-state index in [1.54, 1.807) is 0 Å². The van der Waals surface area contributed by atoms with Gasteiger partial charge in [-0.25, -0.2) is 0 Å². The van der Waals surface area contributed by atoms with Crippen molar-refractivity contribution in [3.05, 3.63) is 35.9 Å². The molecular weight excluding hydrogens is 272 g/mol. The molecule has 0 aliphatic carbocycles. The second-order valence-electron chi connectivity index (χ2n) is 7.11. The van der Waals surface area contributed by atoms with Gasteiger partial charge >= 0.3 is 0 Å². The highest BCUT2D eigenvalue weighted by Gasteiger charge is 2.26. The third kappa shape index (κ3) is 4.10. The molecule has 0 saturated carbocycles. The second kappa shape index (κ2) is 7.28. The van der Waals surface area contributed by atoms with E-state index in [2.05, 4.69) is 35.2 Å². The molecule has 0 bridgehead atoms. The largest absolute Gasteiger partial charge is 0.345 e. The first-order valence-corrected chi connectivity index (χ1v) is 8.71. The molecule has 3 heteroatoms. The number of hydrogen-bond acceptors (Lipinski definition) is 2. The number of carbonyl (C=O) groups excluding carboxylic acids is 1. The summed E-state index contributed by atoms with van der Waals surface area (Å²) in [7, 11) is 1.95. The zero-order valence-electron chi connectivity index (χ0n) is 13.7. The number of carbonyl (C=O) groups is 1. The lowest BCUT2D eigenvalue weighted by molar-refractivity contribution is -0.133. The molecule has 2 aliphatic rings. The van der Waals surface area contributed by atoms with Gasteiger partial charge < -0.3 is 9.80 Å². The molecule has 2 aliphatic heterocycles. The molecule has 1 amide bonds. The van der Waals surface area contributed by atoms with Crippen molar-refractivity contribution in [3.63, 3.8) is 0 Å². The summed E-state index contributed by atoms with van der Waals surface area (Å²) >= 11 is 0. The van der Waals surface area contributed by atoms with Crippen molar-refractivity contribution in [2.24, 2.45) is 11.8 Å². The number of likely N-dealkylation sites (tertiary alicyclic amines) is 2. The molecule has 2 fully saturated rings. The molecule has 0 N–H and O–H groups in total. The van der Waals surface area contributed by atoms with Crippen LogP contribution in [0.25, 0.3) is 0 Å². The van der Waals surface area contributed by atoms with Crippen molar-refractivity contribution < 1.29 is 4.79 Å². The van der Waals surface area contributed by atoms with Gasteiger partial charge in [0.2, 0.25) is 5.91 Å². The van der Waals surface area contributed by atoms with Crippen LogP contribution in [-0.4, -0.2) is 48.9 Å². The van der Waals surface area contributed by atoms with E-state index in [1.807, 2.05) is 11.9 Å². The number of rotatable bonds is 4. The summed E-state index contributed by atoms with van der Waals surface area (Å²) in [6.45, 7) is 4.58. The van der Waals surface area contributed by atoms with Crippen LogP contribution in [0.15, 0.2) is 30.3 Å². The molecule has 1 atom stereocenters. The summed E-state index contributed by atoms with van der Waals surface area (Å²) in [5.74, 6) is 1.83. The molecule has 0 aromatic heterocycles. The normalized spacial score (nSPS) is 24.7. The molecule has 0 spiro atoms. The average molecular weight is 300 g/mol. The van der Waals surface area contributed by atoms with E-state index in [-0.39, 0.29) is 0 Å². The van der Waals surface area contributed by atoms with E-state index in [0.29, 0.717) is 11.8 Å². The van der Waals surface area contributed by atoms with Gasteiger partial charge in [0, 0.05) is 26.6 Å². The van der Waals surface area contributed by atoms with Crippen LogP contribution in [-0.2, 0) is 11.2 Å². The Morgan fingerprint density at radius 3 is 2.45 bits per heavy atom. The maximum absolute atomic E-state index is 11.6. The summed E-state index contributed by atoms with van der Waals surface area (Å²) < 4.78 is 0. The molecular formula is C19H28N2O. The molecule has 3 nitrogen and oxygen atoms in total. The Kier molecular flexibility index (Phi) is 5.14. The van der Waals surface area contributed by atoms with E-state index in [1.165, 1.54) is 44.5 Å². The van der Waals surface area contributed by atoms with Gasteiger partial charge in [0.25, 0.3) is 0 Å². The topological polar surface area (TPSA) is 23.6 Å². The van der Waals surface area contributed by atoms with E-state index >= 15 is 0 Å². The number of hydrogen-bond donors (Lipinski definition) is 0. The van der Waals surface area contributed by atoms with Crippen molar-refractivity contribution in [1.29, 1.82) is 0 Å². The fraction of sp³-hybridized carbons (Fsp3) is 0.632. The summed E-state index contributed by atoms with van der Waals surface area (Å²) in [6.07, 6.45) is 5.68. The van der Waals surface area contributed by atoms with Gasteiger partial charge in [-0.1, -0.05) is 30.3 Å². The zero-order valence-corrected chi connectivity index (χ0v) is 13.7. The Balaban J connectivity index is 1.41. The number of nitrogens with zero attached hydrogens (tertiary/aromatic N) is 2. The second-order valence-corrected chi connectivity index (χ2v) is 7.11. The van der Waals surface area contributed by atoms with Gasteiger partial charge in [-0.15, -0.1) is 0 Å². The molecule has 1 aromatic carbocycles. The van der Waals surface area contributed by atoms with Crippen LogP contribution in [0.2, 0.25) is 0 Å². The van der Waals surface area contributed by atoms with Crippen LogP contribution in [0.5, 0.6) is 0 Å². The summed E-state index contributed by atoms with van der Waals surface area (Å²) in [6, 6.07) is 10.9. The minimum Gasteiger partial charge on any atom is -0.345 e. The molecule has 1 unspecified atom stereocenters. The number of amides is 1. The minimum absolute atomic E-state index is 0.317. The molecule has 120 valence electrons. The zero-order chi connectivity index (χ0) is 15.4. The summed E-state index contributed by atoms with van der Waals surface area (Å²) in [5, 5.41) is 0. The molecule has 22 heavy (non-hydrogen) atoms. The van der Waals surface area contributed by atoms with Crippen molar-refractivity contribution in [2.45, 2.75) is 32.1 Å². The quantitative estimate of drug-likeness (QED) is 0.853. The third-order valence-electron chi connectivity index (χ3n) is 5.32. The first-order chi connectivity index (χ1) is 10.7. The standard InChI is InChI=1S/C19H28N2O/c1-20-14-18(7-8-19(20)22)15-21-11-9-17(10-12-21)13-16-5-3-2-4-6-16/h2-6,17-18H,7-15H2,1H3. The highest BCUT2D eigenvalue weighted by atomic mass is 16.2.